The first-order valence-electron chi connectivity index (χ1n) is 15.6. The standard InChI is InChI=1S/C40H25N7/c1-3-12-27(13-4-1)37-41-40-31(21-22-35(47(40)44-37)38-42-39-30-16-8-7-11-26(30)23-24-45(39)43-38)28-19-20-33-32-17-9-10-18-34(32)46(36(33)25-28)29-14-5-2-6-15-29/h1-25H. The molecule has 5 aromatic heterocycles. The Morgan fingerprint density at radius 2 is 1.19 bits per heavy atom. The van der Waals surface area contributed by atoms with Gasteiger partial charge in [0.1, 0.15) is 5.69 Å². The minimum absolute atomic E-state index is 0.585. The first kappa shape index (κ1) is 25.7. The Balaban J connectivity index is 1.22. The maximum absolute atomic E-state index is 5.14. The van der Waals surface area contributed by atoms with Crippen LogP contribution in [0.25, 0.3) is 83.6 Å². The number of benzene rings is 5. The van der Waals surface area contributed by atoms with Gasteiger partial charge in [-0.15, -0.1) is 10.2 Å². The largest absolute Gasteiger partial charge is 0.309 e. The Labute approximate surface area is 268 Å². The summed E-state index contributed by atoms with van der Waals surface area (Å²) >= 11 is 0. The monoisotopic (exact) mass is 603 g/mol. The van der Waals surface area contributed by atoms with Crippen LogP contribution in [0.5, 0.6) is 0 Å². The molecular weight excluding hydrogens is 578 g/mol. The van der Waals surface area contributed by atoms with Crippen LogP contribution in [-0.4, -0.2) is 33.8 Å². The second kappa shape index (κ2) is 9.95. The van der Waals surface area contributed by atoms with Crippen LogP contribution >= 0.6 is 0 Å². The summed E-state index contributed by atoms with van der Waals surface area (Å²) in [5.74, 6) is 1.23. The maximum Gasteiger partial charge on any atom is 0.200 e. The Bertz CT molecular complexity index is 2790. The smallest absolute Gasteiger partial charge is 0.200 e. The van der Waals surface area contributed by atoms with Crippen molar-refractivity contribution in [3.63, 3.8) is 0 Å². The molecule has 0 saturated heterocycles. The molecule has 0 atom stereocenters. The highest BCUT2D eigenvalue weighted by Crippen LogP contribution is 2.37. The molecule has 0 unspecified atom stereocenters. The van der Waals surface area contributed by atoms with Crippen LogP contribution in [0.4, 0.5) is 0 Å². The van der Waals surface area contributed by atoms with Crippen LogP contribution in [-0.2, 0) is 0 Å². The highest BCUT2D eigenvalue weighted by atomic mass is 15.3. The minimum Gasteiger partial charge on any atom is -0.309 e. The van der Waals surface area contributed by atoms with E-state index in [2.05, 4.69) is 108 Å². The van der Waals surface area contributed by atoms with Crippen molar-refractivity contribution < 1.29 is 0 Å². The van der Waals surface area contributed by atoms with Gasteiger partial charge in [-0.3, -0.25) is 0 Å². The Kier molecular flexibility index (Phi) is 5.44. The Morgan fingerprint density at radius 3 is 2.06 bits per heavy atom. The molecule has 0 spiro atoms. The first-order valence-corrected chi connectivity index (χ1v) is 15.6. The number of rotatable bonds is 4. The molecule has 5 heterocycles. The third-order valence-corrected chi connectivity index (χ3v) is 8.97. The van der Waals surface area contributed by atoms with Crippen molar-refractivity contribution in [1.29, 1.82) is 0 Å². The van der Waals surface area contributed by atoms with Gasteiger partial charge in [0.25, 0.3) is 0 Å². The van der Waals surface area contributed by atoms with Crippen molar-refractivity contribution in [3.8, 4) is 39.7 Å². The molecular formula is C40H25N7. The number of pyridine rings is 2. The van der Waals surface area contributed by atoms with Crippen molar-refractivity contribution in [3.05, 3.63) is 152 Å². The Hall–Kier alpha value is -6.60. The van der Waals surface area contributed by atoms with Crippen molar-refractivity contribution in [2.24, 2.45) is 0 Å². The molecule has 0 N–H and O–H groups in total. The van der Waals surface area contributed by atoms with Crippen LogP contribution in [0.1, 0.15) is 0 Å². The molecule has 7 nitrogen and oxygen atoms in total. The fourth-order valence-electron chi connectivity index (χ4n) is 6.78. The molecule has 0 aliphatic heterocycles. The first-order chi connectivity index (χ1) is 23.3. The zero-order valence-electron chi connectivity index (χ0n) is 25.1. The number of aromatic nitrogens is 7. The summed E-state index contributed by atoms with van der Waals surface area (Å²) in [6.45, 7) is 0. The van der Waals surface area contributed by atoms with Crippen LogP contribution in [0.2, 0.25) is 0 Å². The average molecular weight is 604 g/mol. The van der Waals surface area contributed by atoms with Crippen LogP contribution in [0.15, 0.2) is 152 Å². The second-order valence-electron chi connectivity index (χ2n) is 11.7. The van der Waals surface area contributed by atoms with E-state index >= 15 is 0 Å². The van der Waals surface area contributed by atoms with Crippen molar-refractivity contribution in [2.45, 2.75) is 0 Å². The number of hydrogen-bond acceptors (Lipinski definition) is 4. The third-order valence-electron chi connectivity index (χ3n) is 8.97. The average Bonchev–Trinajstić information content (AvgIpc) is 3.86. The topological polar surface area (TPSA) is 65.3 Å². The zero-order chi connectivity index (χ0) is 30.9. The SMILES string of the molecule is c1ccc(-c2nc3c(-c4ccc5c6ccccc6n(-c6ccccc6)c5c4)ccc(-c4nc5c6ccccc6ccn5n4)n3n2)cc1. The van der Waals surface area contributed by atoms with E-state index in [0.717, 1.165) is 55.7 Å². The van der Waals surface area contributed by atoms with Crippen LogP contribution in [0, 0.1) is 0 Å². The van der Waals surface area contributed by atoms with E-state index in [1.807, 2.05) is 57.7 Å². The molecule has 0 bridgehead atoms. The van der Waals surface area contributed by atoms with Gasteiger partial charge in [-0.25, -0.2) is 19.0 Å². The third kappa shape index (κ3) is 3.93. The summed E-state index contributed by atoms with van der Waals surface area (Å²) in [6, 6.07) is 50.3. The number of hydrogen-bond donors (Lipinski definition) is 0. The van der Waals surface area contributed by atoms with E-state index in [0.29, 0.717) is 11.6 Å². The Morgan fingerprint density at radius 1 is 0.468 bits per heavy atom. The zero-order valence-corrected chi connectivity index (χ0v) is 25.1. The van der Waals surface area contributed by atoms with Gasteiger partial charge in [-0.2, -0.15) is 0 Å². The van der Waals surface area contributed by atoms with E-state index in [1.165, 1.54) is 16.3 Å². The lowest BCUT2D eigenvalue weighted by atomic mass is 10.0. The lowest BCUT2D eigenvalue weighted by Crippen LogP contribution is -1.98. The molecule has 0 aliphatic rings. The molecule has 7 heteroatoms. The van der Waals surface area contributed by atoms with Crippen molar-refractivity contribution >= 4 is 43.9 Å². The van der Waals surface area contributed by atoms with E-state index in [9.17, 15) is 0 Å². The van der Waals surface area contributed by atoms with E-state index < -0.39 is 0 Å². The van der Waals surface area contributed by atoms with Gasteiger partial charge >= 0.3 is 0 Å². The lowest BCUT2D eigenvalue weighted by Gasteiger charge is -2.10. The quantitative estimate of drug-likeness (QED) is 0.201. The number of fused-ring (bicyclic) bond motifs is 7. The molecule has 220 valence electrons. The van der Waals surface area contributed by atoms with E-state index in [-0.39, 0.29) is 0 Å². The van der Waals surface area contributed by atoms with Crippen molar-refractivity contribution in [1.82, 2.24) is 33.8 Å². The minimum atomic E-state index is 0.585. The van der Waals surface area contributed by atoms with Gasteiger partial charge < -0.3 is 4.57 Å². The molecule has 10 rings (SSSR count). The van der Waals surface area contributed by atoms with Crippen LogP contribution < -0.4 is 0 Å². The number of nitrogens with zero attached hydrogens (tertiary/aromatic N) is 7. The van der Waals surface area contributed by atoms with Crippen LogP contribution in [0.3, 0.4) is 0 Å². The normalized spacial score (nSPS) is 11.8. The van der Waals surface area contributed by atoms with E-state index in [1.54, 1.807) is 0 Å². The molecule has 5 aromatic carbocycles. The number of para-hydroxylation sites is 2. The lowest BCUT2D eigenvalue weighted by molar-refractivity contribution is 0.932. The highest BCUT2D eigenvalue weighted by molar-refractivity contribution is 6.10. The molecule has 10 aromatic rings. The summed E-state index contributed by atoms with van der Waals surface area (Å²) in [7, 11) is 0. The fraction of sp³-hybridized carbons (Fsp3) is 0. The summed E-state index contributed by atoms with van der Waals surface area (Å²) in [4.78, 5) is 10.2. The summed E-state index contributed by atoms with van der Waals surface area (Å²) in [5, 5.41) is 14.5. The summed E-state index contributed by atoms with van der Waals surface area (Å²) < 4.78 is 6.07. The molecule has 0 amide bonds. The van der Waals surface area contributed by atoms with Gasteiger partial charge in [0.05, 0.1) is 11.0 Å². The predicted octanol–water partition coefficient (Wildman–Crippen LogP) is 9.02. The summed E-state index contributed by atoms with van der Waals surface area (Å²) in [6.07, 6.45) is 1.96. The van der Waals surface area contributed by atoms with Crippen molar-refractivity contribution in [2.75, 3.05) is 0 Å². The maximum atomic E-state index is 5.14. The predicted molar refractivity (Wildman–Crippen MR) is 188 cm³/mol. The van der Waals surface area contributed by atoms with Gasteiger partial charge in [0, 0.05) is 39.2 Å². The summed E-state index contributed by atoms with van der Waals surface area (Å²) in [5.41, 5.74) is 8.71. The van der Waals surface area contributed by atoms with Gasteiger partial charge in [-0.1, -0.05) is 103 Å². The molecule has 0 radical (unpaired) electrons. The molecule has 0 fully saturated rings. The molecule has 0 aliphatic carbocycles. The second-order valence-corrected chi connectivity index (χ2v) is 11.7. The van der Waals surface area contributed by atoms with Gasteiger partial charge in [-0.05, 0) is 53.4 Å². The highest BCUT2D eigenvalue weighted by Gasteiger charge is 2.20. The fourth-order valence-corrected chi connectivity index (χ4v) is 6.78. The van der Waals surface area contributed by atoms with Gasteiger partial charge in [0.2, 0.25) is 5.82 Å². The molecule has 47 heavy (non-hydrogen) atoms. The van der Waals surface area contributed by atoms with E-state index in [4.69, 9.17) is 20.2 Å². The van der Waals surface area contributed by atoms with Gasteiger partial charge in [0.15, 0.2) is 17.1 Å². The molecule has 0 saturated carbocycles.